The van der Waals surface area contributed by atoms with Crippen molar-refractivity contribution in [3.8, 4) is 16.9 Å². The Morgan fingerprint density at radius 3 is 2.12 bits per heavy atom. The van der Waals surface area contributed by atoms with Crippen molar-refractivity contribution in [2.24, 2.45) is 0 Å². The number of hydrogen-bond acceptors (Lipinski definition) is 4. The van der Waals surface area contributed by atoms with E-state index >= 15 is 0 Å². The average molecular weight is 432 g/mol. The molecule has 0 aliphatic rings. The van der Waals surface area contributed by atoms with Crippen LogP contribution in [0.5, 0.6) is 0 Å². The lowest BCUT2D eigenvalue weighted by molar-refractivity contribution is 0.0846. The maximum absolute atomic E-state index is 13.3. The largest absolute Gasteiger partial charge is 0.466 e. The topological polar surface area (TPSA) is 89.2 Å². The minimum Gasteiger partial charge on any atom is -0.466 e. The number of carbonyl (C=O) groups is 2. The molecule has 0 aliphatic heterocycles. The summed E-state index contributed by atoms with van der Waals surface area (Å²) in [7, 11) is 0. The van der Waals surface area contributed by atoms with E-state index in [1.54, 1.807) is 32.0 Å². The molecule has 0 unspecified atom stereocenters. The van der Waals surface area contributed by atoms with Crippen LogP contribution in [0.2, 0.25) is 0 Å². The van der Waals surface area contributed by atoms with Crippen molar-refractivity contribution in [2.75, 3.05) is 0 Å². The standard InChI is InChI=1S/C24H21FN4O3/c1-14-4-6-17(7-5-14)22-21(13-29(28-22)19-10-8-18(25)9-11-19)24(31)27-26-23(30)20-12-15(2)32-16(20)3/h4-13H,1-3H3,(H,26,30)(H,27,31). The molecule has 8 heteroatoms. The SMILES string of the molecule is Cc1ccc(-c2nn(-c3ccc(F)cc3)cc2C(=O)NNC(=O)c2cc(C)oc2C)cc1. The minimum absolute atomic E-state index is 0.249. The van der Waals surface area contributed by atoms with Gasteiger partial charge in [0.15, 0.2) is 0 Å². The fourth-order valence-corrected chi connectivity index (χ4v) is 3.30. The molecule has 162 valence electrons. The van der Waals surface area contributed by atoms with Crippen molar-refractivity contribution in [3.63, 3.8) is 0 Å². The molecule has 0 atom stereocenters. The van der Waals surface area contributed by atoms with Crippen LogP contribution in [0.3, 0.4) is 0 Å². The van der Waals surface area contributed by atoms with Crippen LogP contribution < -0.4 is 10.9 Å². The monoisotopic (exact) mass is 432 g/mol. The van der Waals surface area contributed by atoms with Gasteiger partial charge in [-0.15, -0.1) is 0 Å². The molecule has 0 saturated carbocycles. The van der Waals surface area contributed by atoms with E-state index in [9.17, 15) is 14.0 Å². The third-order valence-corrected chi connectivity index (χ3v) is 4.95. The molecule has 2 N–H and O–H groups in total. The van der Waals surface area contributed by atoms with Gasteiger partial charge < -0.3 is 4.42 Å². The highest BCUT2D eigenvalue weighted by molar-refractivity contribution is 6.02. The van der Waals surface area contributed by atoms with Gasteiger partial charge >= 0.3 is 0 Å². The van der Waals surface area contributed by atoms with Crippen LogP contribution >= 0.6 is 0 Å². The van der Waals surface area contributed by atoms with E-state index in [-0.39, 0.29) is 11.4 Å². The zero-order valence-electron chi connectivity index (χ0n) is 17.8. The quantitative estimate of drug-likeness (QED) is 0.471. The van der Waals surface area contributed by atoms with Gasteiger partial charge in [0.05, 0.1) is 16.8 Å². The minimum atomic E-state index is -0.542. The van der Waals surface area contributed by atoms with E-state index in [0.29, 0.717) is 28.5 Å². The maximum Gasteiger partial charge on any atom is 0.273 e. The highest BCUT2D eigenvalue weighted by Crippen LogP contribution is 2.24. The first-order valence-corrected chi connectivity index (χ1v) is 9.92. The van der Waals surface area contributed by atoms with E-state index in [4.69, 9.17) is 4.42 Å². The number of halogens is 1. The number of nitrogens with one attached hydrogen (secondary N) is 2. The number of hydrazine groups is 1. The summed E-state index contributed by atoms with van der Waals surface area (Å²) in [5.41, 5.74) is 8.25. The van der Waals surface area contributed by atoms with Crippen molar-refractivity contribution >= 4 is 11.8 Å². The summed E-state index contributed by atoms with van der Waals surface area (Å²) in [4.78, 5) is 25.4. The van der Waals surface area contributed by atoms with Gasteiger partial charge in [0.1, 0.15) is 23.0 Å². The second kappa shape index (κ2) is 8.50. The Hall–Kier alpha value is -4.20. The van der Waals surface area contributed by atoms with Crippen molar-refractivity contribution in [1.29, 1.82) is 0 Å². The molecule has 32 heavy (non-hydrogen) atoms. The molecule has 0 radical (unpaired) electrons. The van der Waals surface area contributed by atoms with E-state index in [1.165, 1.54) is 23.0 Å². The highest BCUT2D eigenvalue weighted by Gasteiger charge is 2.20. The molecule has 0 bridgehead atoms. The van der Waals surface area contributed by atoms with Crippen molar-refractivity contribution < 1.29 is 18.4 Å². The van der Waals surface area contributed by atoms with Gasteiger partial charge in [0.2, 0.25) is 0 Å². The maximum atomic E-state index is 13.3. The van der Waals surface area contributed by atoms with Crippen LogP contribution in [0.4, 0.5) is 4.39 Å². The van der Waals surface area contributed by atoms with Gasteiger partial charge in [-0.2, -0.15) is 5.10 Å². The summed E-state index contributed by atoms with van der Waals surface area (Å²) in [5, 5.41) is 4.54. The molecular formula is C24H21FN4O3. The van der Waals surface area contributed by atoms with E-state index < -0.39 is 11.8 Å². The average Bonchev–Trinajstić information content (AvgIpc) is 3.36. The highest BCUT2D eigenvalue weighted by atomic mass is 19.1. The van der Waals surface area contributed by atoms with Crippen molar-refractivity contribution in [2.45, 2.75) is 20.8 Å². The molecule has 2 heterocycles. The van der Waals surface area contributed by atoms with E-state index in [1.807, 2.05) is 31.2 Å². The first-order chi connectivity index (χ1) is 15.3. The number of aryl methyl sites for hydroxylation is 3. The van der Waals surface area contributed by atoms with Crippen molar-refractivity contribution in [1.82, 2.24) is 20.6 Å². The molecule has 2 aromatic carbocycles. The third-order valence-electron chi connectivity index (χ3n) is 4.95. The summed E-state index contributed by atoms with van der Waals surface area (Å²) in [6.07, 6.45) is 1.54. The Balaban J connectivity index is 1.64. The third kappa shape index (κ3) is 4.29. The zero-order valence-corrected chi connectivity index (χ0v) is 17.8. The van der Waals surface area contributed by atoms with Gasteiger partial charge in [-0.05, 0) is 51.1 Å². The van der Waals surface area contributed by atoms with Gasteiger partial charge in [0, 0.05) is 11.8 Å². The molecule has 0 saturated heterocycles. The van der Waals surface area contributed by atoms with Crippen LogP contribution in [0, 0.1) is 26.6 Å². The van der Waals surface area contributed by atoms with Crippen LogP contribution in [0.1, 0.15) is 37.8 Å². The number of nitrogens with zero attached hydrogens (tertiary/aromatic N) is 2. The number of hydrogen-bond donors (Lipinski definition) is 2. The second-order valence-corrected chi connectivity index (χ2v) is 7.41. The molecule has 0 aliphatic carbocycles. The van der Waals surface area contributed by atoms with Crippen LogP contribution in [-0.4, -0.2) is 21.6 Å². The molecule has 4 rings (SSSR count). The van der Waals surface area contributed by atoms with Gasteiger partial charge in [-0.25, -0.2) is 9.07 Å². The smallest absolute Gasteiger partial charge is 0.273 e. The fourth-order valence-electron chi connectivity index (χ4n) is 3.30. The summed E-state index contributed by atoms with van der Waals surface area (Å²) in [5.74, 6) is -0.347. The Kier molecular flexibility index (Phi) is 5.59. The number of amides is 2. The predicted molar refractivity (Wildman–Crippen MR) is 117 cm³/mol. The Morgan fingerprint density at radius 1 is 0.906 bits per heavy atom. The van der Waals surface area contributed by atoms with Crippen molar-refractivity contribution in [3.05, 3.63) is 94.8 Å². The normalized spacial score (nSPS) is 10.8. The second-order valence-electron chi connectivity index (χ2n) is 7.41. The van der Waals surface area contributed by atoms with Crippen LogP contribution in [0.15, 0.2) is 65.2 Å². The van der Waals surface area contributed by atoms with E-state index in [2.05, 4.69) is 16.0 Å². The van der Waals surface area contributed by atoms with Gasteiger partial charge in [0.25, 0.3) is 11.8 Å². The Bertz CT molecular complexity index is 1290. The zero-order chi connectivity index (χ0) is 22.8. The molecule has 4 aromatic rings. The van der Waals surface area contributed by atoms with Gasteiger partial charge in [-0.1, -0.05) is 29.8 Å². The lowest BCUT2D eigenvalue weighted by atomic mass is 10.1. The molecule has 2 amide bonds. The number of carbonyl (C=O) groups excluding carboxylic acids is 2. The first kappa shape index (κ1) is 21.0. The van der Waals surface area contributed by atoms with Crippen LogP contribution in [0.25, 0.3) is 16.9 Å². The number of rotatable bonds is 4. The first-order valence-electron chi connectivity index (χ1n) is 9.92. The molecule has 7 nitrogen and oxygen atoms in total. The Morgan fingerprint density at radius 2 is 1.53 bits per heavy atom. The lowest BCUT2D eigenvalue weighted by Gasteiger charge is -2.07. The van der Waals surface area contributed by atoms with E-state index in [0.717, 1.165) is 11.1 Å². The fraction of sp³-hybridized carbons (Fsp3) is 0.125. The summed E-state index contributed by atoms with van der Waals surface area (Å²) < 4.78 is 20.2. The number of aromatic nitrogens is 2. The predicted octanol–water partition coefficient (Wildman–Crippen LogP) is 4.27. The Labute approximate surface area is 183 Å². The summed E-state index contributed by atoms with van der Waals surface area (Å²) in [6, 6.07) is 14.9. The number of benzene rings is 2. The summed E-state index contributed by atoms with van der Waals surface area (Å²) >= 11 is 0. The lowest BCUT2D eigenvalue weighted by Crippen LogP contribution is -2.41. The number of furan rings is 1. The molecule has 0 fully saturated rings. The summed E-state index contributed by atoms with van der Waals surface area (Å²) in [6.45, 7) is 5.37. The molecule has 0 spiro atoms. The molecule has 2 aromatic heterocycles. The molecular weight excluding hydrogens is 411 g/mol. The van der Waals surface area contributed by atoms with Crippen LogP contribution in [-0.2, 0) is 0 Å². The van der Waals surface area contributed by atoms with Gasteiger partial charge in [-0.3, -0.25) is 20.4 Å².